The van der Waals surface area contributed by atoms with E-state index in [0.29, 0.717) is 13.0 Å². The second-order valence-electron chi connectivity index (χ2n) is 6.70. The first-order valence-corrected chi connectivity index (χ1v) is 8.64. The number of carbonyl (C=O) groups is 2. The summed E-state index contributed by atoms with van der Waals surface area (Å²) < 4.78 is 4.85. The number of hydrogen-bond donors (Lipinski definition) is 2. The fraction of sp³-hybridized carbons (Fsp3) is 0.333. The molecule has 2 aromatic carbocycles. The summed E-state index contributed by atoms with van der Waals surface area (Å²) in [6.07, 6.45) is 0.383. The van der Waals surface area contributed by atoms with Gasteiger partial charge in [0.05, 0.1) is 12.6 Å². The summed E-state index contributed by atoms with van der Waals surface area (Å²) in [5.41, 5.74) is 1.21. The second kappa shape index (κ2) is 9.15. The van der Waals surface area contributed by atoms with Crippen LogP contribution in [0.4, 0.5) is 0 Å². The quantitative estimate of drug-likeness (QED) is 0.715. The zero-order valence-electron chi connectivity index (χ0n) is 15.5. The predicted octanol–water partition coefficient (Wildman–Crippen LogP) is 2.46. The van der Waals surface area contributed by atoms with Crippen LogP contribution in [0, 0.1) is 0 Å². The van der Waals surface area contributed by atoms with Crippen molar-refractivity contribution in [1.82, 2.24) is 10.6 Å². The Kier molecular flexibility index (Phi) is 6.92. The van der Waals surface area contributed by atoms with Gasteiger partial charge in [-0.2, -0.15) is 0 Å². The molecule has 0 unspecified atom stereocenters. The van der Waals surface area contributed by atoms with Crippen LogP contribution < -0.4 is 10.6 Å². The predicted molar refractivity (Wildman–Crippen MR) is 101 cm³/mol. The van der Waals surface area contributed by atoms with Crippen LogP contribution in [0.2, 0.25) is 0 Å². The summed E-state index contributed by atoms with van der Waals surface area (Å²) in [5.74, 6) is -0.708. The van der Waals surface area contributed by atoms with Gasteiger partial charge in [-0.1, -0.05) is 60.7 Å². The van der Waals surface area contributed by atoms with Crippen molar-refractivity contribution in [2.24, 2.45) is 0 Å². The van der Waals surface area contributed by atoms with E-state index in [0.717, 1.165) is 11.1 Å². The lowest BCUT2D eigenvalue weighted by Crippen LogP contribution is -2.56. The highest BCUT2D eigenvalue weighted by molar-refractivity contribution is 5.90. The number of hydrogen-bond acceptors (Lipinski definition) is 4. The molecular weight excluding hydrogens is 328 g/mol. The smallest absolute Gasteiger partial charge is 0.328 e. The Balaban J connectivity index is 2.01. The van der Waals surface area contributed by atoms with E-state index in [1.165, 1.54) is 7.11 Å². The average Bonchev–Trinajstić information content (AvgIpc) is 2.67. The van der Waals surface area contributed by atoms with Gasteiger partial charge in [-0.25, -0.2) is 4.79 Å². The highest BCUT2D eigenvalue weighted by Gasteiger charge is 2.31. The summed E-state index contributed by atoms with van der Waals surface area (Å²) in [5, 5.41) is 6.05. The summed E-state index contributed by atoms with van der Waals surface area (Å²) in [7, 11) is 1.32. The lowest BCUT2D eigenvalue weighted by molar-refractivity contribution is -0.145. The second-order valence-corrected chi connectivity index (χ2v) is 6.70. The van der Waals surface area contributed by atoms with Gasteiger partial charge in [-0.3, -0.25) is 10.1 Å². The summed E-state index contributed by atoms with van der Waals surface area (Å²) in [6.45, 7) is 4.15. The molecule has 2 rings (SSSR count). The minimum absolute atomic E-state index is 0.250. The van der Waals surface area contributed by atoms with Crippen LogP contribution in [0.1, 0.15) is 25.0 Å². The van der Waals surface area contributed by atoms with Crippen molar-refractivity contribution < 1.29 is 14.3 Å². The van der Waals surface area contributed by atoms with E-state index in [1.807, 2.05) is 60.7 Å². The van der Waals surface area contributed by atoms with Crippen molar-refractivity contribution in [1.29, 1.82) is 0 Å². The first-order valence-electron chi connectivity index (χ1n) is 8.64. The summed E-state index contributed by atoms with van der Waals surface area (Å²) in [6, 6.07) is 18.7. The first kappa shape index (κ1) is 19.7. The standard InChI is InChI=1S/C21H26N2O3/c1-21(2,22-15-17-12-8-5-9-13-17)20(25)23-18(19(24)26-3)14-16-10-6-4-7-11-16/h4-13,18,22H,14-15H2,1-3H3,(H,23,25)/t18-/m0/s1. The van der Waals surface area contributed by atoms with Crippen LogP contribution in [0.3, 0.4) is 0 Å². The Morgan fingerprint density at radius 3 is 2.04 bits per heavy atom. The number of esters is 1. The highest BCUT2D eigenvalue weighted by atomic mass is 16.5. The van der Waals surface area contributed by atoms with Crippen LogP contribution in [-0.4, -0.2) is 30.6 Å². The number of ether oxygens (including phenoxy) is 1. The fourth-order valence-electron chi connectivity index (χ4n) is 2.52. The molecule has 138 valence electrons. The van der Waals surface area contributed by atoms with Gasteiger partial charge >= 0.3 is 5.97 Å². The maximum atomic E-state index is 12.7. The number of amides is 1. The third-order valence-corrected chi connectivity index (χ3v) is 4.22. The van der Waals surface area contributed by atoms with Crippen LogP contribution >= 0.6 is 0 Å². The normalized spacial score (nSPS) is 12.3. The molecule has 26 heavy (non-hydrogen) atoms. The van der Waals surface area contributed by atoms with Crippen molar-refractivity contribution in [2.75, 3.05) is 7.11 Å². The van der Waals surface area contributed by atoms with Crippen LogP contribution in [0.25, 0.3) is 0 Å². The van der Waals surface area contributed by atoms with E-state index in [2.05, 4.69) is 10.6 Å². The Hall–Kier alpha value is -2.66. The van der Waals surface area contributed by atoms with Crippen molar-refractivity contribution in [3.63, 3.8) is 0 Å². The molecule has 1 amide bonds. The minimum atomic E-state index is -0.835. The maximum Gasteiger partial charge on any atom is 0.328 e. The molecule has 2 N–H and O–H groups in total. The van der Waals surface area contributed by atoms with Crippen molar-refractivity contribution in [2.45, 2.75) is 38.4 Å². The molecule has 0 saturated carbocycles. The largest absolute Gasteiger partial charge is 0.467 e. The number of nitrogens with one attached hydrogen (secondary N) is 2. The summed E-state index contributed by atoms with van der Waals surface area (Å²) in [4.78, 5) is 24.8. The summed E-state index contributed by atoms with van der Waals surface area (Å²) >= 11 is 0. The van der Waals surface area contributed by atoms with Crippen molar-refractivity contribution >= 4 is 11.9 Å². The van der Waals surface area contributed by atoms with E-state index in [4.69, 9.17) is 4.74 Å². The lowest BCUT2D eigenvalue weighted by atomic mass is 10.0. The fourth-order valence-corrected chi connectivity index (χ4v) is 2.52. The molecule has 1 atom stereocenters. The third kappa shape index (κ3) is 5.70. The van der Waals surface area contributed by atoms with Crippen LogP contribution in [-0.2, 0) is 27.3 Å². The number of methoxy groups -OCH3 is 1. The van der Waals surface area contributed by atoms with Crippen LogP contribution in [0.15, 0.2) is 60.7 Å². The molecule has 0 heterocycles. The Bertz CT molecular complexity index is 715. The van der Waals surface area contributed by atoms with Crippen molar-refractivity contribution in [3.05, 3.63) is 71.8 Å². The number of benzene rings is 2. The highest BCUT2D eigenvalue weighted by Crippen LogP contribution is 2.09. The van der Waals surface area contributed by atoms with E-state index >= 15 is 0 Å². The van der Waals surface area contributed by atoms with E-state index in [1.54, 1.807) is 13.8 Å². The number of rotatable bonds is 8. The molecule has 0 aliphatic rings. The molecular formula is C21H26N2O3. The maximum absolute atomic E-state index is 12.7. The Morgan fingerprint density at radius 1 is 0.962 bits per heavy atom. The van der Waals surface area contributed by atoms with Crippen molar-refractivity contribution in [3.8, 4) is 0 Å². The molecule has 0 aromatic heterocycles. The molecule has 2 aromatic rings. The molecule has 0 aliphatic carbocycles. The minimum Gasteiger partial charge on any atom is -0.467 e. The first-order chi connectivity index (χ1) is 12.4. The molecule has 0 aliphatic heterocycles. The van der Waals surface area contributed by atoms with Gasteiger partial charge in [0.1, 0.15) is 6.04 Å². The van der Waals surface area contributed by atoms with E-state index in [9.17, 15) is 9.59 Å². The van der Waals surface area contributed by atoms with E-state index in [-0.39, 0.29) is 5.91 Å². The molecule has 0 bridgehead atoms. The third-order valence-electron chi connectivity index (χ3n) is 4.22. The average molecular weight is 354 g/mol. The molecule has 5 nitrogen and oxygen atoms in total. The van der Waals surface area contributed by atoms with Gasteiger partial charge < -0.3 is 10.1 Å². The van der Waals surface area contributed by atoms with Gasteiger partial charge in [0, 0.05) is 13.0 Å². The van der Waals surface area contributed by atoms with Gasteiger partial charge in [0.25, 0.3) is 0 Å². The lowest BCUT2D eigenvalue weighted by Gasteiger charge is -2.28. The SMILES string of the molecule is COC(=O)[C@H](Cc1ccccc1)NC(=O)C(C)(C)NCc1ccccc1. The monoisotopic (exact) mass is 354 g/mol. The van der Waals surface area contributed by atoms with Crippen LogP contribution in [0.5, 0.6) is 0 Å². The topological polar surface area (TPSA) is 67.4 Å². The van der Waals surface area contributed by atoms with Gasteiger partial charge in [-0.15, -0.1) is 0 Å². The molecule has 0 fully saturated rings. The Morgan fingerprint density at radius 2 is 1.50 bits per heavy atom. The molecule has 0 radical (unpaired) electrons. The molecule has 0 saturated heterocycles. The zero-order chi connectivity index (χ0) is 19.0. The molecule has 0 spiro atoms. The van der Waals surface area contributed by atoms with Gasteiger partial charge in [-0.05, 0) is 25.0 Å². The number of carbonyl (C=O) groups excluding carboxylic acids is 2. The zero-order valence-corrected chi connectivity index (χ0v) is 15.5. The molecule has 5 heteroatoms. The van der Waals surface area contributed by atoms with Gasteiger partial charge in [0.15, 0.2) is 0 Å². The Labute approximate surface area is 154 Å². The van der Waals surface area contributed by atoms with E-state index < -0.39 is 17.6 Å². The van der Waals surface area contributed by atoms with Gasteiger partial charge in [0.2, 0.25) is 5.91 Å².